The van der Waals surface area contributed by atoms with E-state index in [1.165, 1.54) is 6.92 Å². The molecule has 0 aromatic heterocycles. The second-order valence-corrected chi connectivity index (χ2v) is 8.58. The molecule has 0 aliphatic rings. The maximum Gasteiger partial charge on any atom is 0.217 e. The highest BCUT2D eigenvalue weighted by Gasteiger charge is 2.36. The van der Waals surface area contributed by atoms with Crippen LogP contribution in [0.5, 0.6) is 0 Å². The van der Waals surface area contributed by atoms with Crippen LogP contribution in [0.1, 0.15) is 23.6 Å². The van der Waals surface area contributed by atoms with Gasteiger partial charge < -0.3 is 29.7 Å². The second-order valence-electron chi connectivity index (χ2n) is 8.58. The fraction of sp³-hybridized carbons (Fsp3) is 0.345. The van der Waals surface area contributed by atoms with E-state index < -0.39 is 31.0 Å². The van der Waals surface area contributed by atoms with Crippen LogP contribution in [0.2, 0.25) is 0 Å². The minimum absolute atomic E-state index is 0.135. The van der Waals surface area contributed by atoms with Crippen LogP contribution in [-0.4, -0.2) is 53.7 Å². The molecule has 0 spiro atoms. The predicted molar refractivity (Wildman–Crippen MR) is 137 cm³/mol. The predicted octanol–water partition coefficient (Wildman–Crippen LogP) is 3.23. The van der Waals surface area contributed by atoms with Gasteiger partial charge in [0.25, 0.3) is 0 Å². The fourth-order valence-corrected chi connectivity index (χ4v) is 3.80. The molecule has 0 unspecified atom stereocenters. The van der Waals surface area contributed by atoms with Crippen LogP contribution in [0, 0.1) is 0 Å². The molecule has 0 aliphatic heterocycles. The zero-order chi connectivity index (χ0) is 25.6. The summed E-state index contributed by atoms with van der Waals surface area (Å²) in [4.78, 5) is 11.7. The van der Waals surface area contributed by atoms with Gasteiger partial charge in [-0.1, -0.05) is 91.0 Å². The summed E-state index contributed by atoms with van der Waals surface area (Å²) >= 11 is 0. The Bertz CT molecular complexity index is 1000. The van der Waals surface area contributed by atoms with Gasteiger partial charge in [0, 0.05) is 6.92 Å². The van der Waals surface area contributed by atoms with Gasteiger partial charge in [-0.05, 0) is 16.7 Å². The lowest BCUT2D eigenvalue weighted by molar-refractivity contribution is -0.162. The van der Waals surface area contributed by atoms with Gasteiger partial charge in [0.15, 0.2) is 0 Å². The lowest BCUT2D eigenvalue weighted by Crippen LogP contribution is -2.55. The van der Waals surface area contributed by atoms with Gasteiger partial charge in [0.05, 0.1) is 39.1 Å². The Hall–Kier alpha value is -3.07. The monoisotopic (exact) mass is 493 g/mol. The van der Waals surface area contributed by atoms with Gasteiger partial charge in [-0.25, -0.2) is 0 Å². The maximum atomic E-state index is 11.7. The maximum absolute atomic E-state index is 11.7. The van der Waals surface area contributed by atoms with E-state index in [0.29, 0.717) is 6.61 Å². The average molecular weight is 494 g/mol. The van der Waals surface area contributed by atoms with E-state index in [0.717, 1.165) is 16.7 Å². The van der Waals surface area contributed by atoms with Crippen molar-refractivity contribution in [3.05, 3.63) is 108 Å². The molecule has 3 N–H and O–H groups in total. The number of benzene rings is 3. The van der Waals surface area contributed by atoms with Crippen molar-refractivity contribution in [2.24, 2.45) is 0 Å². The number of aliphatic hydroxyl groups is 2. The molecule has 192 valence electrons. The Morgan fingerprint density at radius 1 is 0.778 bits per heavy atom. The number of ether oxygens (including phenoxy) is 3. The highest BCUT2D eigenvalue weighted by molar-refractivity contribution is 5.73. The van der Waals surface area contributed by atoms with E-state index in [2.05, 4.69) is 5.32 Å². The van der Waals surface area contributed by atoms with Crippen LogP contribution in [-0.2, 0) is 38.8 Å². The highest BCUT2D eigenvalue weighted by atomic mass is 16.6. The number of carbonyl (C=O) groups excluding carboxylic acids is 1. The average Bonchev–Trinajstić information content (AvgIpc) is 2.91. The molecule has 0 radical (unpaired) electrons. The molecule has 7 heteroatoms. The van der Waals surface area contributed by atoms with Crippen LogP contribution in [0.15, 0.2) is 91.0 Å². The topological polar surface area (TPSA) is 97.3 Å². The summed E-state index contributed by atoms with van der Waals surface area (Å²) in [5.41, 5.74) is 2.89. The summed E-state index contributed by atoms with van der Waals surface area (Å²) in [6.07, 6.45) is -2.83. The molecule has 0 heterocycles. The molecule has 3 aromatic rings. The first kappa shape index (κ1) is 27.5. The molecule has 0 fully saturated rings. The minimum Gasteiger partial charge on any atom is -0.394 e. The van der Waals surface area contributed by atoms with Gasteiger partial charge in [-0.3, -0.25) is 4.79 Å². The molecule has 0 aliphatic carbocycles. The van der Waals surface area contributed by atoms with Crippen molar-refractivity contribution in [1.82, 2.24) is 5.32 Å². The van der Waals surface area contributed by atoms with E-state index in [-0.39, 0.29) is 25.7 Å². The summed E-state index contributed by atoms with van der Waals surface area (Å²) in [5, 5.41) is 23.7. The Morgan fingerprint density at radius 3 is 1.72 bits per heavy atom. The number of hydrogen-bond acceptors (Lipinski definition) is 6. The number of rotatable bonds is 15. The Labute approximate surface area is 212 Å². The zero-order valence-electron chi connectivity index (χ0n) is 20.5. The quantitative estimate of drug-likeness (QED) is 0.301. The SMILES string of the molecule is CC(=O)N[C@H](CO)[C@@H](O)[C@H](OCc1ccccc1)[C@@H](COCc1ccccc1)OCc1ccccc1. The van der Waals surface area contributed by atoms with Gasteiger partial charge >= 0.3 is 0 Å². The molecule has 36 heavy (non-hydrogen) atoms. The van der Waals surface area contributed by atoms with Crippen LogP contribution in [0.4, 0.5) is 0 Å². The molecule has 0 saturated carbocycles. The van der Waals surface area contributed by atoms with Gasteiger partial charge in [0.1, 0.15) is 18.3 Å². The molecule has 0 saturated heterocycles. The number of aliphatic hydroxyl groups excluding tert-OH is 2. The standard InChI is InChI=1S/C29H35NO6/c1-22(32)30-26(17-31)28(33)29(36-20-25-15-9-4-10-16-25)27(35-19-24-13-7-3-8-14-24)21-34-18-23-11-5-2-6-12-23/h2-16,26-29,31,33H,17-21H2,1H3,(H,30,32)/t26-,27-,28-,29-/m1/s1. The number of nitrogens with one attached hydrogen (secondary N) is 1. The molecular formula is C29H35NO6. The van der Waals surface area contributed by atoms with E-state index in [4.69, 9.17) is 14.2 Å². The second kappa shape index (κ2) is 15.1. The van der Waals surface area contributed by atoms with E-state index in [1.807, 2.05) is 91.0 Å². The van der Waals surface area contributed by atoms with Crippen molar-refractivity contribution in [3.63, 3.8) is 0 Å². The molecule has 0 bridgehead atoms. The third-order valence-corrected chi connectivity index (χ3v) is 5.69. The Morgan fingerprint density at radius 2 is 1.25 bits per heavy atom. The molecule has 4 atom stereocenters. The molecular weight excluding hydrogens is 458 g/mol. The van der Waals surface area contributed by atoms with E-state index in [1.54, 1.807) is 0 Å². The fourth-order valence-electron chi connectivity index (χ4n) is 3.80. The summed E-state index contributed by atoms with van der Waals surface area (Å²) in [5.74, 6) is -0.364. The third kappa shape index (κ3) is 9.18. The number of hydrogen-bond donors (Lipinski definition) is 3. The van der Waals surface area contributed by atoms with E-state index in [9.17, 15) is 15.0 Å². The highest BCUT2D eigenvalue weighted by Crippen LogP contribution is 2.18. The molecule has 3 rings (SSSR count). The summed E-state index contributed by atoms with van der Waals surface area (Å²) in [6, 6.07) is 28.1. The smallest absolute Gasteiger partial charge is 0.217 e. The van der Waals surface area contributed by atoms with Crippen LogP contribution >= 0.6 is 0 Å². The Kier molecular flexibility index (Phi) is 11.6. The Balaban J connectivity index is 1.80. The summed E-state index contributed by atoms with van der Waals surface area (Å²) < 4.78 is 18.4. The number of carbonyl (C=O) groups is 1. The van der Waals surface area contributed by atoms with Crippen LogP contribution in [0.25, 0.3) is 0 Å². The van der Waals surface area contributed by atoms with Crippen molar-refractivity contribution in [3.8, 4) is 0 Å². The molecule has 1 amide bonds. The van der Waals surface area contributed by atoms with Crippen molar-refractivity contribution in [2.75, 3.05) is 13.2 Å². The van der Waals surface area contributed by atoms with E-state index >= 15 is 0 Å². The lowest BCUT2D eigenvalue weighted by atomic mass is 10.0. The first-order valence-corrected chi connectivity index (χ1v) is 12.1. The van der Waals surface area contributed by atoms with Crippen molar-refractivity contribution in [2.45, 2.75) is 51.1 Å². The summed E-state index contributed by atoms with van der Waals surface area (Å²) in [6.45, 7) is 1.87. The normalized spacial score (nSPS) is 14.5. The van der Waals surface area contributed by atoms with Gasteiger partial charge in [-0.15, -0.1) is 0 Å². The van der Waals surface area contributed by atoms with Crippen molar-refractivity contribution in [1.29, 1.82) is 0 Å². The van der Waals surface area contributed by atoms with Crippen LogP contribution in [0.3, 0.4) is 0 Å². The third-order valence-electron chi connectivity index (χ3n) is 5.69. The van der Waals surface area contributed by atoms with Gasteiger partial charge in [0.2, 0.25) is 5.91 Å². The number of amides is 1. The minimum atomic E-state index is -1.25. The first-order chi connectivity index (χ1) is 17.6. The first-order valence-electron chi connectivity index (χ1n) is 12.1. The molecule has 7 nitrogen and oxygen atoms in total. The largest absolute Gasteiger partial charge is 0.394 e. The lowest BCUT2D eigenvalue weighted by Gasteiger charge is -2.34. The molecule has 3 aromatic carbocycles. The van der Waals surface area contributed by atoms with Crippen molar-refractivity contribution < 1.29 is 29.2 Å². The van der Waals surface area contributed by atoms with Crippen molar-refractivity contribution >= 4 is 5.91 Å². The zero-order valence-corrected chi connectivity index (χ0v) is 20.5. The summed E-state index contributed by atoms with van der Waals surface area (Å²) in [7, 11) is 0. The van der Waals surface area contributed by atoms with Crippen LogP contribution < -0.4 is 5.32 Å². The van der Waals surface area contributed by atoms with Gasteiger partial charge in [-0.2, -0.15) is 0 Å².